The van der Waals surface area contributed by atoms with E-state index in [0.29, 0.717) is 6.04 Å². The van der Waals surface area contributed by atoms with Gasteiger partial charge in [0.15, 0.2) is 0 Å². The van der Waals surface area contributed by atoms with Gasteiger partial charge in [-0.2, -0.15) is 0 Å². The molecule has 1 aliphatic heterocycles. The number of rotatable bonds is 4. The smallest absolute Gasteiger partial charge is 0.253 e. The van der Waals surface area contributed by atoms with Crippen molar-refractivity contribution in [3.8, 4) is 0 Å². The first-order valence-electron chi connectivity index (χ1n) is 8.30. The number of nitrogens with zero attached hydrogens (tertiary/aromatic N) is 3. The van der Waals surface area contributed by atoms with Crippen LogP contribution in [0.2, 0.25) is 0 Å². The predicted octanol–water partition coefficient (Wildman–Crippen LogP) is 1.93. The van der Waals surface area contributed by atoms with Gasteiger partial charge >= 0.3 is 0 Å². The van der Waals surface area contributed by atoms with E-state index in [0.717, 1.165) is 31.7 Å². The SMILES string of the molecule is CN(C)C(=O)c1cccc(CN2CCNCC2c2cccnc2)c1. The van der Waals surface area contributed by atoms with Crippen molar-refractivity contribution in [1.29, 1.82) is 0 Å². The van der Waals surface area contributed by atoms with E-state index in [9.17, 15) is 4.79 Å². The summed E-state index contributed by atoms with van der Waals surface area (Å²) in [6, 6.07) is 12.4. The minimum absolute atomic E-state index is 0.0426. The highest BCUT2D eigenvalue weighted by molar-refractivity contribution is 5.94. The summed E-state index contributed by atoms with van der Waals surface area (Å²) in [4.78, 5) is 20.5. The highest BCUT2D eigenvalue weighted by Crippen LogP contribution is 2.23. The van der Waals surface area contributed by atoms with Crippen molar-refractivity contribution in [3.63, 3.8) is 0 Å². The summed E-state index contributed by atoms with van der Waals surface area (Å²) in [6.07, 6.45) is 3.75. The Morgan fingerprint density at radius 2 is 2.21 bits per heavy atom. The summed E-state index contributed by atoms with van der Waals surface area (Å²) >= 11 is 0. The van der Waals surface area contributed by atoms with Gasteiger partial charge in [-0.25, -0.2) is 0 Å². The summed E-state index contributed by atoms with van der Waals surface area (Å²) in [7, 11) is 3.56. The van der Waals surface area contributed by atoms with Crippen molar-refractivity contribution in [1.82, 2.24) is 20.1 Å². The van der Waals surface area contributed by atoms with Crippen molar-refractivity contribution in [2.24, 2.45) is 0 Å². The van der Waals surface area contributed by atoms with Gasteiger partial charge in [0.25, 0.3) is 5.91 Å². The Kier molecular flexibility index (Phi) is 5.23. The Hall–Kier alpha value is -2.24. The fraction of sp³-hybridized carbons (Fsp3) is 0.368. The molecule has 1 aromatic carbocycles. The maximum absolute atomic E-state index is 12.2. The lowest BCUT2D eigenvalue weighted by Gasteiger charge is -2.36. The molecule has 1 aliphatic rings. The number of hydrogen-bond donors (Lipinski definition) is 1. The first-order valence-corrected chi connectivity index (χ1v) is 8.30. The van der Waals surface area contributed by atoms with E-state index < -0.39 is 0 Å². The molecule has 1 aromatic heterocycles. The fourth-order valence-corrected chi connectivity index (χ4v) is 3.13. The van der Waals surface area contributed by atoms with Crippen LogP contribution >= 0.6 is 0 Å². The van der Waals surface area contributed by atoms with Crippen LogP contribution < -0.4 is 5.32 Å². The molecule has 5 heteroatoms. The normalized spacial score (nSPS) is 18.3. The largest absolute Gasteiger partial charge is 0.345 e. The number of nitrogens with one attached hydrogen (secondary N) is 1. The van der Waals surface area contributed by atoms with Crippen LogP contribution in [-0.2, 0) is 6.54 Å². The number of amides is 1. The standard InChI is InChI=1S/C19H24N4O/c1-22(2)19(24)16-6-3-5-15(11-16)14-23-10-9-21-13-18(23)17-7-4-8-20-12-17/h3-8,11-12,18,21H,9-10,13-14H2,1-2H3. The van der Waals surface area contributed by atoms with Crippen LogP contribution in [0, 0.1) is 0 Å². The molecule has 0 aliphatic carbocycles. The van der Waals surface area contributed by atoms with Crippen molar-refractivity contribution in [2.75, 3.05) is 33.7 Å². The second-order valence-electron chi connectivity index (χ2n) is 6.38. The van der Waals surface area contributed by atoms with Crippen LogP contribution in [0.15, 0.2) is 48.8 Å². The molecule has 3 rings (SSSR count). The Morgan fingerprint density at radius 3 is 2.96 bits per heavy atom. The second kappa shape index (κ2) is 7.55. The molecule has 0 saturated carbocycles. The van der Waals surface area contributed by atoms with E-state index >= 15 is 0 Å². The van der Waals surface area contributed by atoms with Crippen LogP contribution in [-0.4, -0.2) is 54.4 Å². The molecule has 1 amide bonds. The number of aromatic nitrogens is 1. The maximum Gasteiger partial charge on any atom is 0.253 e. The number of carbonyl (C=O) groups is 1. The van der Waals surface area contributed by atoms with Crippen LogP contribution in [0.1, 0.15) is 27.5 Å². The van der Waals surface area contributed by atoms with Crippen LogP contribution in [0.4, 0.5) is 0 Å². The summed E-state index contributed by atoms with van der Waals surface area (Å²) in [6.45, 7) is 3.70. The van der Waals surface area contributed by atoms with E-state index in [-0.39, 0.29) is 5.91 Å². The van der Waals surface area contributed by atoms with Gasteiger partial charge < -0.3 is 10.2 Å². The van der Waals surface area contributed by atoms with Crippen LogP contribution in [0.25, 0.3) is 0 Å². The minimum atomic E-state index is 0.0426. The zero-order valence-electron chi connectivity index (χ0n) is 14.3. The predicted molar refractivity (Wildman–Crippen MR) is 94.7 cm³/mol. The Morgan fingerprint density at radius 1 is 1.33 bits per heavy atom. The van der Waals surface area contributed by atoms with Crippen LogP contribution in [0.5, 0.6) is 0 Å². The highest BCUT2D eigenvalue weighted by atomic mass is 16.2. The van der Waals surface area contributed by atoms with E-state index in [4.69, 9.17) is 0 Å². The number of benzene rings is 1. The first-order chi connectivity index (χ1) is 11.6. The lowest BCUT2D eigenvalue weighted by atomic mass is 10.0. The van der Waals surface area contributed by atoms with E-state index in [2.05, 4.69) is 27.3 Å². The van der Waals surface area contributed by atoms with Gasteiger partial charge in [0, 0.05) is 64.3 Å². The van der Waals surface area contributed by atoms with E-state index in [1.165, 1.54) is 11.1 Å². The lowest BCUT2D eigenvalue weighted by molar-refractivity contribution is 0.0827. The topological polar surface area (TPSA) is 48.5 Å². The molecule has 0 bridgehead atoms. The van der Waals surface area contributed by atoms with Gasteiger partial charge in [-0.05, 0) is 29.3 Å². The quantitative estimate of drug-likeness (QED) is 0.934. The number of pyridine rings is 1. The van der Waals surface area contributed by atoms with Crippen LogP contribution in [0.3, 0.4) is 0 Å². The number of carbonyl (C=O) groups excluding carboxylic acids is 1. The molecule has 0 spiro atoms. The monoisotopic (exact) mass is 324 g/mol. The minimum Gasteiger partial charge on any atom is -0.345 e. The third kappa shape index (κ3) is 3.80. The van der Waals surface area contributed by atoms with Crippen molar-refractivity contribution in [3.05, 3.63) is 65.5 Å². The Bertz CT molecular complexity index is 687. The molecule has 0 radical (unpaired) electrons. The van der Waals surface area contributed by atoms with Gasteiger partial charge in [0.2, 0.25) is 0 Å². The third-order valence-electron chi connectivity index (χ3n) is 4.39. The third-order valence-corrected chi connectivity index (χ3v) is 4.39. The van der Waals surface area contributed by atoms with Gasteiger partial charge in [0.05, 0.1) is 0 Å². The Labute approximate surface area is 143 Å². The number of hydrogen-bond acceptors (Lipinski definition) is 4. The summed E-state index contributed by atoms with van der Waals surface area (Å²) in [5, 5.41) is 3.46. The fourth-order valence-electron chi connectivity index (χ4n) is 3.13. The molecular formula is C19H24N4O. The van der Waals surface area contributed by atoms with Crippen molar-refractivity contribution >= 4 is 5.91 Å². The van der Waals surface area contributed by atoms with E-state index in [1.807, 2.05) is 30.5 Å². The average molecular weight is 324 g/mol. The molecule has 2 aromatic rings. The van der Waals surface area contributed by atoms with Gasteiger partial charge in [-0.15, -0.1) is 0 Å². The average Bonchev–Trinajstić information content (AvgIpc) is 2.62. The zero-order valence-corrected chi connectivity index (χ0v) is 14.3. The lowest BCUT2D eigenvalue weighted by Crippen LogP contribution is -2.45. The molecule has 24 heavy (non-hydrogen) atoms. The molecule has 5 nitrogen and oxygen atoms in total. The van der Waals surface area contributed by atoms with Crippen molar-refractivity contribution in [2.45, 2.75) is 12.6 Å². The second-order valence-corrected chi connectivity index (χ2v) is 6.38. The molecular weight excluding hydrogens is 300 g/mol. The molecule has 2 heterocycles. The Balaban J connectivity index is 1.78. The molecule has 1 unspecified atom stereocenters. The first kappa shape index (κ1) is 16.6. The highest BCUT2D eigenvalue weighted by Gasteiger charge is 2.24. The summed E-state index contributed by atoms with van der Waals surface area (Å²) < 4.78 is 0. The van der Waals surface area contributed by atoms with Gasteiger partial charge in [0.1, 0.15) is 0 Å². The van der Waals surface area contributed by atoms with Gasteiger partial charge in [-0.3, -0.25) is 14.7 Å². The summed E-state index contributed by atoms with van der Waals surface area (Å²) in [5.41, 5.74) is 3.13. The molecule has 1 N–H and O–H groups in total. The summed E-state index contributed by atoms with van der Waals surface area (Å²) in [5.74, 6) is 0.0426. The number of piperazine rings is 1. The van der Waals surface area contributed by atoms with Crippen molar-refractivity contribution < 1.29 is 4.79 Å². The molecule has 1 saturated heterocycles. The van der Waals surface area contributed by atoms with Gasteiger partial charge in [-0.1, -0.05) is 18.2 Å². The molecule has 126 valence electrons. The zero-order chi connectivity index (χ0) is 16.9. The molecule has 1 fully saturated rings. The molecule has 1 atom stereocenters. The maximum atomic E-state index is 12.2. The van der Waals surface area contributed by atoms with E-state index in [1.54, 1.807) is 25.2 Å².